The van der Waals surface area contributed by atoms with Crippen molar-refractivity contribution in [1.29, 1.82) is 0 Å². The van der Waals surface area contributed by atoms with Crippen LogP contribution in [-0.2, 0) is 4.84 Å². The van der Waals surface area contributed by atoms with Crippen LogP contribution in [0.4, 0.5) is 0 Å². The van der Waals surface area contributed by atoms with Gasteiger partial charge in [-0.15, -0.1) is 25.3 Å². The number of rotatable bonds is 1. The number of thiol groups is 2. The molecule has 0 aliphatic carbocycles. The molecule has 1 N–H and O–H groups in total. The standard InChI is InChI=1S/C5H8N2OS2/c1-8-7-3-4(9)2-5(10)6-7/h2-3,6,9-10H,1H3. The Kier molecular flexibility index (Phi) is 2.53. The van der Waals surface area contributed by atoms with Crippen molar-refractivity contribution in [1.82, 2.24) is 10.6 Å². The van der Waals surface area contributed by atoms with Crippen molar-refractivity contribution < 1.29 is 4.84 Å². The fraction of sp³-hybridized carbons (Fsp3) is 0.200. The van der Waals surface area contributed by atoms with E-state index in [1.807, 2.05) is 0 Å². The van der Waals surface area contributed by atoms with Crippen LogP contribution < -0.4 is 5.43 Å². The lowest BCUT2D eigenvalue weighted by Gasteiger charge is -2.22. The van der Waals surface area contributed by atoms with Crippen molar-refractivity contribution >= 4 is 25.3 Å². The molecule has 0 aromatic carbocycles. The van der Waals surface area contributed by atoms with E-state index in [0.29, 0.717) is 5.03 Å². The molecule has 1 aliphatic heterocycles. The molecule has 0 amide bonds. The fourth-order valence-corrected chi connectivity index (χ4v) is 1.15. The minimum absolute atomic E-state index is 0.703. The van der Waals surface area contributed by atoms with Crippen LogP contribution in [-0.4, -0.2) is 12.3 Å². The second-order valence-corrected chi connectivity index (χ2v) is 2.70. The Balaban J connectivity index is 2.67. The number of hydrogen-bond acceptors (Lipinski definition) is 5. The van der Waals surface area contributed by atoms with E-state index in [4.69, 9.17) is 4.84 Å². The molecule has 0 bridgehead atoms. The van der Waals surface area contributed by atoms with Gasteiger partial charge in [-0.1, -0.05) is 0 Å². The average Bonchev–Trinajstić information content (AvgIpc) is 1.85. The van der Waals surface area contributed by atoms with E-state index < -0.39 is 0 Å². The maximum Gasteiger partial charge on any atom is 0.0876 e. The SMILES string of the molecule is CON1C=C(S)C=C(S)N1. The lowest BCUT2D eigenvalue weighted by Crippen LogP contribution is -2.32. The minimum atomic E-state index is 0.703. The van der Waals surface area contributed by atoms with Gasteiger partial charge in [0, 0.05) is 4.91 Å². The molecular formula is C5H8N2OS2. The van der Waals surface area contributed by atoms with Gasteiger partial charge in [-0.25, -0.2) is 0 Å². The molecule has 0 saturated carbocycles. The number of nitrogens with one attached hydrogen (secondary N) is 1. The van der Waals surface area contributed by atoms with Gasteiger partial charge in [-0.05, 0) is 6.08 Å². The molecule has 0 atom stereocenters. The van der Waals surface area contributed by atoms with Crippen molar-refractivity contribution in [2.24, 2.45) is 0 Å². The van der Waals surface area contributed by atoms with Crippen LogP contribution >= 0.6 is 25.3 Å². The summed E-state index contributed by atoms with van der Waals surface area (Å²) >= 11 is 8.18. The summed E-state index contributed by atoms with van der Waals surface area (Å²) in [5.74, 6) is 0. The normalized spacial score (nSPS) is 17.7. The number of hydroxylamine groups is 1. The van der Waals surface area contributed by atoms with Crippen LogP contribution in [0.3, 0.4) is 0 Å². The second kappa shape index (κ2) is 3.23. The van der Waals surface area contributed by atoms with E-state index in [0.717, 1.165) is 4.91 Å². The van der Waals surface area contributed by atoms with E-state index in [1.165, 1.54) is 5.17 Å². The average molecular weight is 176 g/mol. The van der Waals surface area contributed by atoms with E-state index in [2.05, 4.69) is 30.7 Å². The summed E-state index contributed by atoms with van der Waals surface area (Å²) in [6.07, 6.45) is 3.48. The topological polar surface area (TPSA) is 24.5 Å². The van der Waals surface area contributed by atoms with Crippen LogP contribution in [0.1, 0.15) is 0 Å². The summed E-state index contributed by atoms with van der Waals surface area (Å²) < 4.78 is 0. The molecule has 1 heterocycles. The lowest BCUT2D eigenvalue weighted by atomic mass is 10.5. The second-order valence-electron chi connectivity index (χ2n) is 1.70. The number of hydrogen-bond donors (Lipinski definition) is 3. The summed E-state index contributed by atoms with van der Waals surface area (Å²) in [7, 11) is 1.55. The number of hydrazine groups is 1. The van der Waals surface area contributed by atoms with Crippen LogP contribution in [0, 0.1) is 0 Å². The Hall–Kier alpha value is -0.260. The molecular weight excluding hydrogens is 168 g/mol. The van der Waals surface area contributed by atoms with E-state index in [9.17, 15) is 0 Å². The molecule has 0 aromatic heterocycles. The number of allylic oxidation sites excluding steroid dienone is 1. The summed E-state index contributed by atoms with van der Waals surface area (Å²) in [5, 5.41) is 2.12. The quantitative estimate of drug-likeness (QED) is 0.518. The van der Waals surface area contributed by atoms with Gasteiger partial charge in [-0.3, -0.25) is 10.3 Å². The molecule has 56 valence electrons. The third kappa shape index (κ3) is 1.86. The van der Waals surface area contributed by atoms with Gasteiger partial charge in [0.2, 0.25) is 0 Å². The monoisotopic (exact) mass is 176 g/mol. The molecule has 10 heavy (non-hydrogen) atoms. The molecule has 3 nitrogen and oxygen atoms in total. The van der Waals surface area contributed by atoms with Crippen LogP contribution in [0.15, 0.2) is 22.2 Å². The molecule has 0 radical (unpaired) electrons. The molecule has 0 aromatic rings. The highest BCUT2D eigenvalue weighted by atomic mass is 32.1. The van der Waals surface area contributed by atoms with Gasteiger partial charge >= 0.3 is 0 Å². The largest absolute Gasteiger partial charge is 0.269 e. The predicted octanol–water partition coefficient (Wildman–Crippen LogP) is 0.910. The first-order valence-electron chi connectivity index (χ1n) is 2.64. The van der Waals surface area contributed by atoms with Crippen molar-refractivity contribution in [2.45, 2.75) is 0 Å². The van der Waals surface area contributed by atoms with E-state index in [-0.39, 0.29) is 0 Å². The van der Waals surface area contributed by atoms with Crippen molar-refractivity contribution in [3.8, 4) is 0 Å². The Morgan fingerprint density at radius 3 is 2.80 bits per heavy atom. The van der Waals surface area contributed by atoms with Gasteiger partial charge in [0.05, 0.1) is 18.3 Å². The Morgan fingerprint density at radius 1 is 1.60 bits per heavy atom. The maximum absolute atomic E-state index is 4.84. The summed E-state index contributed by atoms with van der Waals surface area (Å²) in [4.78, 5) is 5.64. The summed E-state index contributed by atoms with van der Waals surface area (Å²) in [5.41, 5.74) is 2.81. The third-order valence-electron chi connectivity index (χ3n) is 0.956. The van der Waals surface area contributed by atoms with E-state index in [1.54, 1.807) is 19.4 Å². The summed E-state index contributed by atoms with van der Waals surface area (Å²) in [6, 6.07) is 0. The molecule has 1 rings (SSSR count). The molecule has 1 aliphatic rings. The maximum atomic E-state index is 4.84. The molecule has 5 heteroatoms. The molecule has 0 spiro atoms. The van der Waals surface area contributed by atoms with Crippen molar-refractivity contribution in [3.05, 3.63) is 22.2 Å². The summed E-state index contributed by atoms with van der Waals surface area (Å²) in [6.45, 7) is 0. The zero-order valence-electron chi connectivity index (χ0n) is 5.40. The first kappa shape index (κ1) is 7.84. The smallest absolute Gasteiger partial charge is 0.0876 e. The molecule has 0 unspecified atom stereocenters. The van der Waals surface area contributed by atoms with Crippen LogP contribution in [0.25, 0.3) is 0 Å². The Morgan fingerprint density at radius 2 is 2.30 bits per heavy atom. The van der Waals surface area contributed by atoms with Crippen LogP contribution in [0.5, 0.6) is 0 Å². The minimum Gasteiger partial charge on any atom is -0.269 e. The van der Waals surface area contributed by atoms with Crippen molar-refractivity contribution in [3.63, 3.8) is 0 Å². The predicted molar refractivity (Wildman–Crippen MR) is 46.1 cm³/mol. The highest BCUT2D eigenvalue weighted by Crippen LogP contribution is 2.13. The zero-order valence-corrected chi connectivity index (χ0v) is 7.19. The number of nitrogens with zero attached hydrogens (tertiary/aromatic N) is 1. The van der Waals surface area contributed by atoms with Gasteiger partial charge in [0.15, 0.2) is 0 Å². The van der Waals surface area contributed by atoms with Gasteiger partial charge in [0.1, 0.15) is 0 Å². The highest BCUT2D eigenvalue weighted by molar-refractivity contribution is 7.85. The fourth-order valence-electron chi connectivity index (χ4n) is 0.573. The first-order valence-corrected chi connectivity index (χ1v) is 3.53. The van der Waals surface area contributed by atoms with Crippen LogP contribution in [0.2, 0.25) is 0 Å². The molecule has 0 saturated heterocycles. The lowest BCUT2D eigenvalue weighted by molar-refractivity contribution is -0.119. The van der Waals surface area contributed by atoms with E-state index >= 15 is 0 Å². The Labute approximate surface area is 70.5 Å². The van der Waals surface area contributed by atoms with Gasteiger partial charge in [-0.2, -0.15) is 5.17 Å². The first-order chi connectivity index (χ1) is 4.72. The van der Waals surface area contributed by atoms with Gasteiger partial charge in [0.25, 0.3) is 0 Å². The molecule has 0 fully saturated rings. The van der Waals surface area contributed by atoms with Crippen molar-refractivity contribution in [2.75, 3.05) is 7.11 Å². The third-order valence-corrected chi connectivity index (χ3v) is 1.43. The van der Waals surface area contributed by atoms with Gasteiger partial charge < -0.3 is 0 Å². The highest BCUT2D eigenvalue weighted by Gasteiger charge is 2.04. The zero-order chi connectivity index (χ0) is 7.56. The Bertz CT molecular complexity index is 190.